The maximum atomic E-state index is 11.6. The highest BCUT2D eigenvalue weighted by Gasteiger charge is 2.20. The summed E-state index contributed by atoms with van der Waals surface area (Å²) >= 11 is 0. The van der Waals surface area contributed by atoms with Gasteiger partial charge in [-0.15, -0.1) is 0 Å². The minimum Gasteiger partial charge on any atom is -0.508 e. The molecule has 2 rings (SSSR count). The normalized spacial score (nSPS) is 16.6. The molecule has 0 amide bonds. The summed E-state index contributed by atoms with van der Waals surface area (Å²) in [7, 11) is -3.22. The van der Waals surface area contributed by atoms with Crippen molar-refractivity contribution in [3.05, 3.63) is 23.3 Å². The Morgan fingerprint density at radius 3 is 2.44 bits per heavy atom. The van der Waals surface area contributed by atoms with Crippen molar-refractivity contribution < 1.29 is 13.5 Å². The fourth-order valence-corrected chi connectivity index (χ4v) is 3.10. The third-order valence-electron chi connectivity index (χ3n) is 2.87. The molecule has 1 heterocycles. The first-order chi connectivity index (χ1) is 7.50. The van der Waals surface area contributed by atoms with Crippen LogP contribution in [0.2, 0.25) is 0 Å². The number of phenolic OH excluding ortho intramolecular Hbond substituents is 1. The summed E-state index contributed by atoms with van der Waals surface area (Å²) in [6, 6.07) is 2.97. The van der Waals surface area contributed by atoms with Crippen LogP contribution in [0.25, 0.3) is 0 Å². The lowest BCUT2D eigenvalue weighted by molar-refractivity contribution is 0.466. The molecule has 16 heavy (non-hydrogen) atoms. The predicted octanol–water partition coefficient (Wildman–Crippen LogP) is 0.484. The number of aromatic hydroxyl groups is 1. The van der Waals surface area contributed by atoms with Gasteiger partial charge in [0, 0.05) is 6.26 Å². The van der Waals surface area contributed by atoms with Gasteiger partial charge in [-0.3, -0.25) is 0 Å². The molecule has 0 atom stereocenters. The number of phenols is 1. The van der Waals surface area contributed by atoms with Crippen molar-refractivity contribution in [3.63, 3.8) is 0 Å². The topological polar surface area (TPSA) is 66.4 Å². The molecule has 1 aromatic carbocycles. The van der Waals surface area contributed by atoms with E-state index < -0.39 is 9.84 Å². The van der Waals surface area contributed by atoms with E-state index in [-0.39, 0.29) is 5.75 Å². The van der Waals surface area contributed by atoms with E-state index in [0.717, 1.165) is 24.2 Å². The van der Waals surface area contributed by atoms with Crippen LogP contribution in [0, 0.1) is 0 Å². The summed E-state index contributed by atoms with van der Waals surface area (Å²) in [5.74, 6) is 0.200. The third kappa shape index (κ3) is 2.05. The van der Waals surface area contributed by atoms with Gasteiger partial charge in [-0.2, -0.15) is 0 Å². The van der Waals surface area contributed by atoms with Crippen molar-refractivity contribution in [2.45, 2.75) is 17.7 Å². The van der Waals surface area contributed by atoms with E-state index in [1.54, 1.807) is 0 Å². The summed E-state index contributed by atoms with van der Waals surface area (Å²) in [4.78, 5) is 0.351. The average molecular weight is 241 g/mol. The van der Waals surface area contributed by atoms with Crippen LogP contribution in [0.5, 0.6) is 5.75 Å². The van der Waals surface area contributed by atoms with Gasteiger partial charge in [-0.25, -0.2) is 8.42 Å². The molecule has 1 aliphatic heterocycles. The number of benzene rings is 1. The molecule has 0 unspecified atom stereocenters. The molecule has 2 N–H and O–H groups in total. The van der Waals surface area contributed by atoms with E-state index in [4.69, 9.17) is 0 Å². The Bertz CT molecular complexity index is 508. The molecule has 0 saturated carbocycles. The zero-order valence-corrected chi connectivity index (χ0v) is 9.97. The van der Waals surface area contributed by atoms with Crippen LogP contribution in [0.4, 0.5) is 0 Å². The molecule has 0 bridgehead atoms. The molecule has 1 aliphatic rings. The van der Waals surface area contributed by atoms with E-state index in [9.17, 15) is 13.5 Å². The molecular formula is C11H15NO3S. The summed E-state index contributed by atoms with van der Waals surface area (Å²) in [6.45, 7) is 1.52. The average Bonchev–Trinajstić information content (AvgIpc) is 2.42. The molecule has 1 aromatic rings. The van der Waals surface area contributed by atoms with Gasteiger partial charge in [0.15, 0.2) is 9.84 Å². The largest absolute Gasteiger partial charge is 0.508 e. The number of fused-ring (bicyclic) bond motifs is 1. The van der Waals surface area contributed by atoms with E-state index in [1.807, 2.05) is 0 Å². The summed E-state index contributed by atoms with van der Waals surface area (Å²) in [5, 5.41) is 12.9. The standard InChI is InChI=1S/C11H15NO3S/c1-16(14,15)11-3-2-10(13)8-4-6-12-7-5-9(8)11/h2-3,12-13H,4-7H2,1H3. The van der Waals surface area contributed by atoms with Gasteiger partial charge in [-0.05, 0) is 49.2 Å². The minimum absolute atomic E-state index is 0.200. The predicted molar refractivity (Wildman–Crippen MR) is 61.5 cm³/mol. The van der Waals surface area contributed by atoms with Crippen LogP contribution in [-0.4, -0.2) is 32.9 Å². The van der Waals surface area contributed by atoms with Crippen LogP contribution < -0.4 is 5.32 Å². The lowest BCUT2D eigenvalue weighted by Gasteiger charge is -2.12. The fraction of sp³-hybridized carbons (Fsp3) is 0.455. The van der Waals surface area contributed by atoms with Gasteiger partial charge in [0.05, 0.1) is 4.90 Å². The van der Waals surface area contributed by atoms with Crippen LogP contribution in [0.3, 0.4) is 0 Å². The lowest BCUT2D eigenvalue weighted by Crippen LogP contribution is -2.16. The Kier molecular flexibility index (Phi) is 2.90. The summed E-state index contributed by atoms with van der Waals surface area (Å²) < 4.78 is 23.3. The monoisotopic (exact) mass is 241 g/mol. The Morgan fingerprint density at radius 2 is 1.81 bits per heavy atom. The lowest BCUT2D eigenvalue weighted by atomic mass is 10.0. The highest BCUT2D eigenvalue weighted by atomic mass is 32.2. The van der Waals surface area contributed by atoms with Gasteiger partial charge in [0.25, 0.3) is 0 Å². The number of rotatable bonds is 1. The Hall–Kier alpha value is -1.07. The molecule has 0 spiro atoms. The second kappa shape index (κ2) is 4.07. The molecule has 0 fully saturated rings. The van der Waals surface area contributed by atoms with Crippen molar-refractivity contribution in [3.8, 4) is 5.75 Å². The Labute approximate surface area is 95.2 Å². The van der Waals surface area contributed by atoms with E-state index in [1.165, 1.54) is 18.4 Å². The molecule has 0 aliphatic carbocycles. The molecule has 5 heteroatoms. The van der Waals surface area contributed by atoms with Crippen LogP contribution in [0.15, 0.2) is 17.0 Å². The number of sulfone groups is 1. The Morgan fingerprint density at radius 1 is 1.19 bits per heavy atom. The number of nitrogens with one attached hydrogen (secondary N) is 1. The zero-order valence-electron chi connectivity index (χ0n) is 9.16. The van der Waals surface area contributed by atoms with Crippen molar-refractivity contribution >= 4 is 9.84 Å². The Balaban J connectivity index is 2.65. The van der Waals surface area contributed by atoms with Crippen molar-refractivity contribution in [2.75, 3.05) is 19.3 Å². The van der Waals surface area contributed by atoms with Gasteiger partial charge in [-0.1, -0.05) is 0 Å². The van der Waals surface area contributed by atoms with Gasteiger partial charge < -0.3 is 10.4 Å². The smallest absolute Gasteiger partial charge is 0.175 e. The molecule has 0 aromatic heterocycles. The van der Waals surface area contributed by atoms with Crippen LogP contribution >= 0.6 is 0 Å². The number of hydrogen-bond donors (Lipinski definition) is 2. The van der Waals surface area contributed by atoms with Crippen molar-refractivity contribution in [2.24, 2.45) is 0 Å². The van der Waals surface area contributed by atoms with E-state index in [2.05, 4.69) is 5.32 Å². The molecule has 4 nitrogen and oxygen atoms in total. The van der Waals surface area contributed by atoms with Crippen molar-refractivity contribution in [1.82, 2.24) is 5.32 Å². The first-order valence-electron chi connectivity index (χ1n) is 5.24. The maximum Gasteiger partial charge on any atom is 0.175 e. The van der Waals surface area contributed by atoms with Crippen LogP contribution in [0.1, 0.15) is 11.1 Å². The van der Waals surface area contributed by atoms with E-state index >= 15 is 0 Å². The minimum atomic E-state index is -3.22. The summed E-state index contributed by atoms with van der Waals surface area (Å²) in [5.41, 5.74) is 1.54. The maximum absolute atomic E-state index is 11.6. The molecular weight excluding hydrogens is 226 g/mol. The highest BCUT2D eigenvalue weighted by Crippen LogP contribution is 2.29. The quantitative estimate of drug-likeness (QED) is 0.750. The van der Waals surface area contributed by atoms with Gasteiger partial charge >= 0.3 is 0 Å². The highest BCUT2D eigenvalue weighted by molar-refractivity contribution is 7.90. The molecule has 0 saturated heterocycles. The van der Waals surface area contributed by atoms with Gasteiger partial charge in [0.2, 0.25) is 0 Å². The third-order valence-corrected chi connectivity index (χ3v) is 4.05. The first-order valence-corrected chi connectivity index (χ1v) is 7.14. The zero-order chi connectivity index (χ0) is 11.8. The van der Waals surface area contributed by atoms with Crippen molar-refractivity contribution in [1.29, 1.82) is 0 Å². The second-order valence-electron chi connectivity index (χ2n) is 4.06. The molecule has 0 radical (unpaired) electrons. The van der Waals surface area contributed by atoms with Crippen LogP contribution in [-0.2, 0) is 22.7 Å². The number of hydrogen-bond acceptors (Lipinski definition) is 4. The second-order valence-corrected chi connectivity index (χ2v) is 6.05. The first kappa shape index (κ1) is 11.4. The summed E-state index contributed by atoms with van der Waals surface area (Å²) in [6.07, 6.45) is 2.52. The van der Waals surface area contributed by atoms with Gasteiger partial charge in [0.1, 0.15) is 5.75 Å². The fourth-order valence-electron chi connectivity index (χ4n) is 2.11. The SMILES string of the molecule is CS(=O)(=O)c1ccc(O)c2c1CCNCC2. The van der Waals surface area contributed by atoms with E-state index in [0.29, 0.717) is 17.7 Å². The molecule has 88 valence electrons.